The molecule has 0 aromatic heterocycles. The van der Waals surface area contributed by atoms with E-state index in [1.807, 2.05) is 0 Å². The first-order valence-corrected chi connectivity index (χ1v) is 4.29. The minimum Gasteiger partial charge on any atom is -0.490 e. The van der Waals surface area contributed by atoms with E-state index in [0.29, 0.717) is 0 Å². The maximum atomic E-state index is 11.3. The second-order valence-electron chi connectivity index (χ2n) is 2.96. The molecule has 1 aromatic carbocycles. The Kier molecular flexibility index (Phi) is 3.20. The fourth-order valence-corrected chi connectivity index (χ4v) is 1.37. The largest absolute Gasteiger partial charge is 0.490 e. The van der Waals surface area contributed by atoms with Crippen LogP contribution < -0.4 is 4.74 Å². The molecule has 16 heavy (non-hydrogen) atoms. The fraction of sp³-hybridized carbons (Fsp3) is 0.200. The molecule has 0 aliphatic rings. The zero-order chi connectivity index (χ0) is 12.3. The van der Waals surface area contributed by atoms with Gasteiger partial charge in [-0.15, -0.1) is 0 Å². The van der Waals surface area contributed by atoms with Crippen LogP contribution in [-0.2, 0) is 0 Å². The molecule has 6 nitrogen and oxygen atoms in total. The number of ether oxygens (including phenoxy) is 1. The normalized spacial score (nSPS) is 9.31. The van der Waals surface area contributed by atoms with Gasteiger partial charge >= 0.3 is 5.69 Å². The Morgan fingerprint density at radius 1 is 1.56 bits per heavy atom. The highest BCUT2D eigenvalue weighted by molar-refractivity contribution is 6.01. The summed E-state index contributed by atoms with van der Waals surface area (Å²) in [5, 5.41) is 19.6. The van der Waals surface area contributed by atoms with E-state index in [-0.39, 0.29) is 16.9 Å². The number of methoxy groups -OCH3 is 1. The molecule has 0 saturated heterocycles. The van der Waals surface area contributed by atoms with Crippen LogP contribution >= 0.6 is 0 Å². The Bertz CT molecular complexity index is 502. The van der Waals surface area contributed by atoms with Crippen molar-refractivity contribution in [2.24, 2.45) is 0 Å². The number of hydrogen-bond acceptors (Lipinski definition) is 5. The highest BCUT2D eigenvalue weighted by Gasteiger charge is 2.26. The molecule has 6 heteroatoms. The van der Waals surface area contributed by atoms with E-state index in [4.69, 9.17) is 10.00 Å². The molecule has 0 unspecified atom stereocenters. The molecule has 0 heterocycles. The van der Waals surface area contributed by atoms with Crippen molar-refractivity contribution in [3.05, 3.63) is 33.4 Å². The van der Waals surface area contributed by atoms with Gasteiger partial charge in [-0.2, -0.15) is 5.26 Å². The first-order valence-electron chi connectivity index (χ1n) is 4.29. The molecule has 0 saturated carbocycles. The number of nitriles is 1. The van der Waals surface area contributed by atoms with Crippen LogP contribution in [0.2, 0.25) is 0 Å². The summed E-state index contributed by atoms with van der Waals surface area (Å²) in [5.41, 5.74) is -0.707. The van der Waals surface area contributed by atoms with Crippen LogP contribution in [0.4, 0.5) is 5.69 Å². The van der Waals surface area contributed by atoms with Crippen molar-refractivity contribution in [2.75, 3.05) is 7.11 Å². The molecule has 1 rings (SSSR count). The van der Waals surface area contributed by atoms with E-state index in [1.54, 1.807) is 6.07 Å². The molecule has 0 N–H and O–H groups in total. The lowest BCUT2D eigenvalue weighted by atomic mass is 10.0. The number of rotatable bonds is 3. The van der Waals surface area contributed by atoms with Gasteiger partial charge in [-0.3, -0.25) is 14.9 Å². The number of carbonyl (C=O) groups excluding carboxylic acids is 1. The number of hydrogen-bond donors (Lipinski definition) is 0. The van der Waals surface area contributed by atoms with Crippen molar-refractivity contribution in [1.29, 1.82) is 5.26 Å². The Balaban J connectivity index is 3.68. The summed E-state index contributed by atoms with van der Waals surface area (Å²) in [6.45, 7) is 1.17. The number of nitrogens with zero attached hydrogens (tertiary/aromatic N) is 2. The SMILES string of the molecule is COc1ccc(C#N)c(C(C)=O)c1[N+](=O)[O-]. The van der Waals surface area contributed by atoms with Gasteiger partial charge in [0.25, 0.3) is 0 Å². The Morgan fingerprint density at radius 3 is 2.56 bits per heavy atom. The number of ketones is 1. The van der Waals surface area contributed by atoms with Gasteiger partial charge < -0.3 is 4.74 Å². The number of Topliss-reactive ketones (excluding diaryl/α,β-unsaturated/α-hetero) is 1. The van der Waals surface area contributed by atoms with Crippen molar-refractivity contribution < 1.29 is 14.5 Å². The zero-order valence-corrected chi connectivity index (χ0v) is 8.68. The highest BCUT2D eigenvalue weighted by atomic mass is 16.6. The first kappa shape index (κ1) is 11.7. The standard InChI is InChI=1S/C10H8N2O4/c1-6(13)9-7(5-11)3-4-8(16-2)10(9)12(14)15/h3-4H,1-2H3. The summed E-state index contributed by atoms with van der Waals surface area (Å²) >= 11 is 0. The lowest BCUT2D eigenvalue weighted by molar-refractivity contribution is -0.386. The van der Waals surface area contributed by atoms with Crippen LogP contribution in [0.1, 0.15) is 22.8 Å². The van der Waals surface area contributed by atoms with Crippen LogP contribution in [-0.4, -0.2) is 17.8 Å². The fourth-order valence-electron chi connectivity index (χ4n) is 1.37. The molecule has 0 fully saturated rings. The van der Waals surface area contributed by atoms with Gasteiger partial charge in [0.15, 0.2) is 11.5 Å². The van der Waals surface area contributed by atoms with Crippen LogP contribution in [0.3, 0.4) is 0 Å². The van der Waals surface area contributed by atoms with E-state index in [9.17, 15) is 14.9 Å². The van der Waals surface area contributed by atoms with Crippen molar-refractivity contribution in [2.45, 2.75) is 6.92 Å². The Labute approximate surface area is 91.2 Å². The molecule has 0 radical (unpaired) electrons. The lowest BCUT2D eigenvalue weighted by Crippen LogP contribution is -2.05. The Hall–Kier alpha value is -2.42. The van der Waals surface area contributed by atoms with Gasteiger partial charge in [0, 0.05) is 0 Å². The molecular formula is C10H8N2O4. The van der Waals surface area contributed by atoms with E-state index in [1.165, 1.54) is 26.2 Å². The van der Waals surface area contributed by atoms with Gasteiger partial charge in [0.05, 0.1) is 17.6 Å². The summed E-state index contributed by atoms with van der Waals surface area (Å²) in [7, 11) is 1.26. The first-order chi connectivity index (χ1) is 7.52. The van der Waals surface area contributed by atoms with E-state index < -0.39 is 16.4 Å². The maximum Gasteiger partial charge on any atom is 0.322 e. The summed E-state index contributed by atoms with van der Waals surface area (Å²) in [5.74, 6) is -0.573. The lowest BCUT2D eigenvalue weighted by Gasteiger charge is -2.05. The van der Waals surface area contributed by atoms with Gasteiger partial charge in [-0.1, -0.05) is 0 Å². The third kappa shape index (κ3) is 1.83. The Morgan fingerprint density at radius 2 is 2.19 bits per heavy atom. The summed E-state index contributed by atoms with van der Waals surface area (Å²) in [6, 6.07) is 4.36. The van der Waals surface area contributed by atoms with Crippen LogP contribution in [0.15, 0.2) is 12.1 Å². The summed E-state index contributed by atoms with van der Waals surface area (Å²) in [4.78, 5) is 21.4. The van der Waals surface area contributed by atoms with Gasteiger partial charge in [-0.05, 0) is 19.1 Å². The van der Waals surface area contributed by atoms with E-state index in [2.05, 4.69) is 0 Å². The number of benzene rings is 1. The molecule has 82 valence electrons. The van der Waals surface area contributed by atoms with Crippen LogP contribution in [0.25, 0.3) is 0 Å². The average molecular weight is 220 g/mol. The predicted octanol–water partition coefficient (Wildman–Crippen LogP) is 1.68. The van der Waals surface area contributed by atoms with Crippen LogP contribution in [0.5, 0.6) is 5.75 Å². The van der Waals surface area contributed by atoms with Gasteiger partial charge in [-0.25, -0.2) is 0 Å². The second kappa shape index (κ2) is 4.40. The maximum absolute atomic E-state index is 11.3. The predicted molar refractivity (Wildman–Crippen MR) is 54.4 cm³/mol. The van der Waals surface area contributed by atoms with Gasteiger partial charge in [0.2, 0.25) is 0 Å². The van der Waals surface area contributed by atoms with Crippen molar-refractivity contribution in [3.8, 4) is 11.8 Å². The molecule has 0 atom stereocenters. The van der Waals surface area contributed by atoms with Gasteiger partial charge in [0.1, 0.15) is 11.6 Å². The monoisotopic (exact) mass is 220 g/mol. The van der Waals surface area contributed by atoms with Crippen molar-refractivity contribution >= 4 is 11.5 Å². The number of carbonyl (C=O) groups is 1. The minimum atomic E-state index is -0.726. The van der Waals surface area contributed by atoms with Crippen molar-refractivity contribution in [3.63, 3.8) is 0 Å². The number of nitro benzene ring substituents is 1. The van der Waals surface area contributed by atoms with Crippen LogP contribution in [0, 0.1) is 21.4 Å². The molecular weight excluding hydrogens is 212 g/mol. The summed E-state index contributed by atoms with van der Waals surface area (Å²) < 4.78 is 4.79. The molecule has 0 amide bonds. The smallest absolute Gasteiger partial charge is 0.322 e. The summed E-state index contributed by atoms with van der Waals surface area (Å²) in [6.07, 6.45) is 0. The van der Waals surface area contributed by atoms with E-state index in [0.717, 1.165) is 0 Å². The molecule has 1 aromatic rings. The molecule has 0 aliphatic carbocycles. The molecule has 0 aliphatic heterocycles. The number of nitro groups is 1. The van der Waals surface area contributed by atoms with E-state index >= 15 is 0 Å². The second-order valence-corrected chi connectivity index (χ2v) is 2.96. The highest BCUT2D eigenvalue weighted by Crippen LogP contribution is 2.33. The van der Waals surface area contributed by atoms with Crippen molar-refractivity contribution in [1.82, 2.24) is 0 Å². The average Bonchev–Trinajstić information content (AvgIpc) is 2.26. The third-order valence-electron chi connectivity index (χ3n) is 2.02. The zero-order valence-electron chi connectivity index (χ0n) is 8.68. The third-order valence-corrected chi connectivity index (χ3v) is 2.02. The quantitative estimate of drug-likeness (QED) is 0.438. The topological polar surface area (TPSA) is 93.2 Å². The minimum absolute atomic E-state index is 0.0278. The molecule has 0 spiro atoms. The molecule has 0 bridgehead atoms.